The van der Waals surface area contributed by atoms with Crippen LogP contribution in [-0.2, 0) is 0 Å². The summed E-state index contributed by atoms with van der Waals surface area (Å²) in [6.45, 7) is 0. The lowest BCUT2D eigenvalue weighted by Gasteiger charge is -2.15. The van der Waals surface area contributed by atoms with E-state index in [2.05, 4.69) is 26.7 Å². The van der Waals surface area contributed by atoms with E-state index in [4.69, 9.17) is 19.5 Å². The minimum atomic E-state index is 0.385. The van der Waals surface area contributed by atoms with Crippen LogP contribution in [0.3, 0.4) is 0 Å². The van der Waals surface area contributed by atoms with Crippen molar-refractivity contribution in [3.63, 3.8) is 0 Å². The number of anilines is 4. The van der Waals surface area contributed by atoms with Crippen molar-refractivity contribution in [2.75, 3.05) is 32.0 Å². The fourth-order valence-electron chi connectivity index (χ4n) is 2.59. The molecule has 0 unspecified atom stereocenters. The van der Waals surface area contributed by atoms with Crippen LogP contribution >= 0.6 is 0 Å². The van der Waals surface area contributed by atoms with Crippen molar-refractivity contribution in [1.82, 2.24) is 9.97 Å². The average molecular weight is 377 g/mol. The Labute approximate surface area is 162 Å². The molecule has 142 valence electrons. The first-order valence-electron chi connectivity index (χ1n) is 8.34. The van der Waals surface area contributed by atoms with Gasteiger partial charge in [-0.25, -0.2) is 4.98 Å². The summed E-state index contributed by atoms with van der Waals surface area (Å²) >= 11 is 0. The van der Waals surface area contributed by atoms with Crippen LogP contribution in [0.5, 0.6) is 17.2 Å². The lowest BCUT2D eigenvalue weighted by molar-refractivity contribution is 0.324. The highest BCUT2D eigenvalue weighted by Crippen LogP contribution is 2.40. The fourth-order valence-corrected chi connectivity index (χ4v) is 2.59. The number of aromatic nitrogens is 2. The van der Waals surface area contributed by atoms with Gasteiger partial charge in [0, 0.05) is 29.7 Å². The van der Waals surface area contributed by atoms with Crippen molar-refractivity contribution >= 4 is 23.1 Å². The molecule has 0 spiro atoms. The van der Waals surface area contributed by atoms with Gasteiger partial charge in [-0.15, -0.1) is 0 Å². The number of methoxy groups -OCH3 is 3. The van der Waals surface area contributed by atoms with Gasteiger partial charge in [0.15, 0.2) is 11.5 Å². The Balaban J connectivity index is 1.84. The molecule has 3 aromatic rings. The quantitative estimate of drug-likeness (QED) is 0.640. The molecule has 0 bridgehead atoms. The number of nitrogens with one attached hydrogen (secondary N) is 2. The molecule has 0 saturated heterocycles. The van der Waals surface area contributed by atoms with Gasteiger partial charge >= 0.3 is 0 Å². The van der Waals surface area contributed by atoms with Crippen LogP contribution in [-0.4, -0.2) is 31.3 Å². The van der Waals surface area contributed by atoms with E-state index >= 15 is 0 Å². The zero-order valence-corrected chi connectivity index (χ0v) is 15.7. The number of nitrogens with zero attached hydrogens (tertiary/aromatic N) is 3. The number of rotatable bonds is 7. The van der Waals surface area contributed by atoms with Gasteiger partial charge in [0.05, 0.1) is 33.0 Å². The zero-order valence-electron chi connectivity index (χ0n) is 15.7. The van der Waals surface area contributed by atoms with E-state index in [1.165, 1.54) is 0 Å². The molecule has 0 aliphatic heterocycles. The van der Waals surface area contributed by atoms with Crippen LogP contribution in [0.15, 0.2) is 48.7 Å². The molecule has 0 atom stereocenters. The van der Waals surface area contributed by atoms with Crippen LogP contribution in [0.25, 0.3) is 0 Å². The summed E-state index contributed by atoms with van der Waals surface area (Å²) in [7, 11) is 4.65. The first kappa shape index (κ1) is 18.8. The van der Waals surface area contributed by atoms with Gasteiger partial charge in [-0.2, -0.15) is 10.2 Å². The van der Waals surface area contributed by atoms with E-state index in [9.17, 15) is 0 Å². The second-order valence-electron chi connectivity index (χ2n) is 5.62. The number of hydrogen-bond acceptors (Lipinski definition) is 8. The van der Waals surface area contributed by atoms with Gasteiger partial charge in [-0.05, 0) is 24.3 Å². The molecular weight excluding hydrogens is 358 g/mol. The number of benzene rings is 2. The van der Waals surface area contributed by atoms with Crippen LogP contribution in [0.2, 0.25) is 0 Å². The SMILES string of the molecule is COc1cc(Nc2nccc(Nc3cccc(C#N)c3)n2)cc(OC)c1OC. The first-order valence-corrected chi connectivity index (χ1v) is 8.34. The highest BCUT2D eigenvalue weighted by atomic mass is 16.5. The molecular formula is C20H19N5O3. The molecule has 0 amide bonds. The van der Waals surface area contributed by atoms with Crippen LogP contribution in [0.1, 0.15) is 5.56 Å². The number of ether oxygens (including phenoxy) is 3. The van der Waals surface area contributed by atoms with Gasteiger partial charge in [0.25, 0.3) is 0 Å². The van der Waals surface area contributed by atoms with E-state index in [1.807, 2.05) is 6.07 Å². The minimum absolute atomic E-state index is 0.385. The van der Waals surface area contributed by atoms with E-state index in [0.717, 1.165) is 5.69 Å². The topological polar surface area (TPSA) is 101 Å². The average Bonchev–Trinajstić information content (AvgIpc) is 2.73. The Kier molecular flexibility index (Phi) is 5.77. The molecule has 0 aliphatic carbocycles. The second kappa shape index (κ2) is 8.60. The lowest BCUT2D eigenvalue weighted by Crippen LogP contribution is -2.02. The third-order valence-corrected chi connectivity index (χ3v) is 3.84. The smallest absolute Gasteiger partial charge is 0.229 e. The molecule has 0 aliphatic rings. The lowest BCUT2D eigenvalue weighted by atomic mass is 10.2. The highest BCUT2D eigenvalue weighted by molar-refractivity contribution is 5.66. The summed E-state index contributed by atoms with van der Waals surface area (Å²) < 4.78 is 16.0. The summed E-state index contributed by atoms with van der Waals surface area (Å²) in [6, 6.07) is 14.5. The molecule has 2 N–H and O–H groups in total. The van der Waals surface area contributed by atoms with Gasteiger partial charge in [0.2, 0.25) is 11.7 Å². The van der Waals surface area contributed by atoms with E-state index in [0.29, 0.717) is 40.3 Å². The molecule has 8 heteroatoms. The third kappa shape index (κ3) is 4.22. The summed E-state index contributed by atoms with van der Waals surface area (Å²) in [5.41, 5.74) is 2.00. The highest BCUT2D eigenvalue weighted by Gasteiger charge is 2.14. The molecule has 0 saturated carbocycles. The standard InChI is InChI=1S/C20H19N5O3/c1-26-16-10-15(11-17(27-2)19(16)28-3)24-20-22-8-7-18(25-20)23-14-6-4-5-13(9-14)12-21/h4-11H,1-3H3,(H2,22,23,24,25). The van der Waals surface area contributed by atoms with Gasteiger partial charge in [0.1, 0.15) is 5.82 Å². The summed E-state index contributed by atoms with van der Waals surface area (Å²) in [5.74, 6) is 2.51. The zero-order chi connectivity index (χ0) is 19.9. The predicted octanol–water partition coefficient (Wildman–Crippen LogP) is 3.86. The van der Waals surface area contributed by atoms with Crippen LogP contribution in [0.4, 0.5) is 23.1 Å². The summed E-state index contributed by atoms with van der Waals surface area (Å²) in [6.07, 6.45) is 1.63. The van der Waals surface area contributed by atoms with Crippen molar-refractivity contribution < 1.29 is 14.2 Å². The Morgan fingerprint density at radius 2 is 1.64 bits per heavy atom. The van der Waals surface area contributed by atoms with Crippen molar-refractivity contribution in [2.24, 2.45) is 0 Å². The van der Waals surface area contributed by atoms with E-state index < -0.39 is 0 Å². The van der Waals surface area contributed by atoms with Crippen LogP contribution in [0, 0.1) is 11.3 Å². The maximum absolute atomic E-state index is 9.02. The molecule has 1 aromatic heterocycles. The summed E-state index contributed by atoms with van der Waals surface area (Å²) in [4.78, 5) is 8.68. The van der Waals surface area contributed by atoms with Crippen molar-refractivity contribution in [1.29, 1.82) is 5.26 Å². The largest absolute Gasteiger partial charge is 0.493 e. The molecule has 3 rings (SSSR count). The van der Waals surface area contributed by atoms with Crippen molar-refractivity contribution in [3.05, 3.63) is 54.2 Å². The Hall–Kier alpha value is -3.99. The molecule has 0 fully saturated rings. The minimum Gasteiger partial charge on any atom is -0.493 e. The van der Waals surface area contributed by atoms with Crippen molar-refractivity contribution in [3.8, 4) is 23.3 Å². The van der Waals surface area contributed by atoms with E-state index in [-0.39, 0.29) is 0 Å². The summed E-state index contributed by atoms with van der Waals surface area (Å²) in [5, 5.41) is 15.3. The number of hydrogen-bond donors (Lipinski definition) is 2. The maximum atomic E-state index is 9.02. The van der Waals surface area contributed by atoms with Gasteiger partial charge in [-0.3, -0.25) is 0 Å². The predicted molar refractivity (Wildman–Crippen MR) is 106 cm³/mol. The first-order chi connectivity index (χ1) is 13.7. The molecule has 0 radical (unpaired) electrons. The van der Waals surface area contributed by atoms with Gasteiger partial charge in [-0.1, -0.05) is 6.07 Å². The molecule has 2 aromatic carbocycles. The third-order valence-electron chi connectivity index (χ3n) is 3.84. The van der Waals surface area contributed by atoms with Crippen LogP contribution < -0.4 is 24.8 Å². The Bertz CT molecular complexity index is 992. The normalized spacial score (nSPS) is 9.93. The molecule has 1 heterocycles. The Morgan fingerprint density at radius 3 is 2.29 bits per heavy atom. The second-order valence-corrected chi connectivity index (χ2v) is 5.62. The monoisotopic (exact) mass is 377 g/mol. The Morgan fingerprint density at radius 1 is 0.893 bits per heavy atom. The fraction of sp³-hybridized carbons (Fsp3) is 0.150. The molecule has 28 heavy (non-hydrogen) atoms. The van der Waals surface area contributed by atoms with Crippen molar-refractivity contribution in [2.45, 2.75) is 0 Å². The number of nitriles is 1. The van der Waals surface area contributed by atoms with Gasteiger partial charge < -0.3 is 24.8 Å². The van der Waals surface area contributed by atoms with E-state index in [1.54, 1.807) is 63.9 Å². The maximum Gasteiger partial charge on any atom is 0.229 e. The molecule has 8 nitrogen and oxygen atoms in total.